The predicted octanol–water partition coefficient (Wildman–Crippen LogP) is 8.36. The zero-order chi connectivity index (χ0) is 33.5. The van der Waals surface area contributed by atoms with Crippen LogP contribution >= 0.6 is 31.9 Å². The molecular formula is C26H13Br2F10N5O2. The Balaban J connectivity index is 1.70. The number of carbonyl (C=O) groups is 2. The van der Waals surface area contributed by atoms with Gasteiger partial charge in [0.05, 0.1) is 17.1 Å². The third-order valence-corrected chi connectivity index (χ3v) is 7.39. The molecule has 7 nitrogen and oxygen atoms in total. The van der Waals surface area contributed by atoms with Gasteiger partial charge in [-0.2, -0.15) is 40.2 Å². The van der Waals surface area contributed by atoms with E-state index in [2.05, 4.69) is 52.6 Å². The van der Waals surface area contributed by atoms with Crippen LogP contribution in [0.25, 0.3) is 5.69 Å². The highest BCUT2D eigenvalue weighted by atomic mass is 79.9. The van der Waals surface area contributed by atoms with Crippen molar-refractivity contribution in [3.8, 4) is 5.69 Å². The molecule has 0 spiro atoms. The summed E-state index contributed by atoms with van der Waals surface area (Å²) in [5, 5.41) is 8.68. The molecule has 2 amide bonds. The molecule has 1 heterocycles. The Morgan fingerprint density at radius 1 is 0.733 bits per heavy atom. The van der Waals surface area contributed by atoms with Crippen LogP contribution in [0.4, 0.5) is 55.3 Å². The molecule has 0 fully saturated rings. The highest BCUT2D eigenvalue weighted by Gasteiger charge is 2.81. The van der Waals surface area contributed by atoms with Gasteiger partial charge in [-0.05, 0) is 86.5 Å². The number of amides is 2. The number of nitrogens with zero attached hydrogens (tertiary/aromatic N) is 3. The largest absolute Gasteiger partial charge is 0.457 e. The Hall–Kier alpha value is -4.00. The molecule has 238 valence electrons. The first-order chi connectivity index (χ1) is 20.8. The summed E-state index contributed by atoms with van der Waals surface area (Å²) >= 11 is 5.37. The summed E-state index contributed by atoms with van der Waals surface area (Å²) in [4.78, 5) is 29.7. The number of halogens is 12. The van der Waals surface area contributed by atoms with E-state index in [1.165, 1.54) is 41.6 Å². The minimum absolute atomic E-state index is 0.0235. The van der Waals surface area contributed by atoms with Gasteiger partial charge in [0.25, 0.3) is 11.8 Å². The Morgan fingerprint density at radius 3 is 1.80 bits per heavy atom. The van der Waals surface area contributed by atoms with Crippen molar-refractivity contribution >= 4 is 55.0 Å². The lowest BCUT2D eigenvalue weighted by Gasteiger charge is -2.36. The molecule has 0 saturated heterocycles. The summed E-state index contributed by atoms with van der Waals surface area (Å²) in [6, 6.07) is 8.16. The van der Waals surface area contributed by atoms with Crippen LogP contribution in [0, 0.1) is 5.82 Å². The monoisotopic (exact) mass is 775 g/mol. The zero-order valence-corrected chi connectivity index (χ0v) is 24.7. The molecule has 19 heteroatoms. The number of hydrogen-bond acceptors (Lipinski definition) is 4. The van der Waals surface area contributed by atoms with E-state index in [1.807, 2.05) is 0 Å². The van der Waals surface area contributed by atoms with Crippen LogP contribution in [0.5, 0.6) is 0 Å². The maximum atomic E-state index is 15.0. The SMILES string of the molecule is O=C(Nc1cc(C(=O)Nc2c(Br)cc(C(F)(C(F)(F)F)C(F)(F)C(F)(F)F)cc2Br)ccc1-n1cncn1)c1ccc(F)cc1. The Bertz CT molecular complexity index is 1720. The van der Waals surface area contributed by atoms with E-state index >= 15 is 0 Å². The van der Waals surface area contributed by atoms with Crippen LogP contribution in [0.1, 0.15) is 26.3 Å². The normalized spacial score (nSPS) is 13.7. The van der Waals surface area contributed by atoms with E-state index in [9.17, 15) is 53.5 Å². The summed E-state index contributed by atoms with van der Waals surface area (Å²) in [7, 11) is 0. The maximum absolute atomic E-state index is 15.0. The third-order valence-electron chi connectivity index (χ3n) is 6.14. The quantitative estimate of drug-likeness (QED) is 0.185. The van der Waals surface area contributed by atoms with Crippen molar-refractivity contribution in [2.24, 2.45) is 0 Å². The average molecular weight is 777 g/mol. The van der Waals surface area contributed by atoms with E-state index in [0.717, 1.165) is 18.2 Å². The van der Waals surface area contributed by atoms with E-state index in [4.69, 9.17) is 0 Å². The molecule has 0 aliphatic carbocycles. The van der Waals surface area contributed by atoms with Crippen LogP contribution in [-0.2, 0) is 5.67 Å². The zero-order valence-electron chi connectivity index (χ0n) is 21.5. The second-order valence-corrected chi connectivity index (χ2v) is 10.7. The van der Waals surface area contributed by atoms with Gasteiger partial charge in [-0.25, -0.2) is 18.4 Å². The number of carbonyl (C=O) groups excluding carboxylic acids is 2. The van der Waals surface area contributed by atoms with E-state index in [0.29, 0.717) is 0 Å². The molecule has 0 bridgehead atoms. The van der Waals surface area contributed by atoms with Crippen LogP contribution in [0.2, 0.25) is 0 Å². The van der Waals surface area contributed by atoms with Crippen LogP contribution in [-0.4, -0.2) is 44.9 Å². The first kappa shape index (κ1) is 33.9. The van der Waals surface area contributed by atoms with Crippen molar-refractivity contribution in [2.75, 3.05) is 10.6 Å². The first-order valence-electron chi connectivity index (χ1n) is 11.8. The molecule has 1 aromatic heterocycles. The van der Waals surface area contributed by atoms with Crippen molar-refractivity contribution in [1.82, 2.24) is 14.8 Å². The molecule has 0 saturated carbocycles. The lowest BCUT2D eigenvalue weighted by atomic mass is 9.87. The lowest BCUT2D eigenvalue weighted by molar-refractivity contribution is -0.389. The molecule has 3 aromatic carbocycles. The molecule has 45 heavy (non-hydrogen) atoms. The Morgan fingerprint density at radius 2 is 1.29 bits per heavy atom. The predicted molar refractivity (Wildman–Crippen MR) is 145 cm³/mol. The number of benzene rings is 3. The number of hydrogen-bond donors (Lipinski definition) is 2. The van der Waals surface area contributed by atoms with E-state index < -0.39 is 61.8 Å². The number of rotatable bonds is 7. The summed E-state index contributed by atoms with van der Waals surface area (Å²) in [6.45, 7) is 0. The van der Waals surface area contributed by atoms with Gasteiger partial charge in [0, 0.05) is 25.6 Å². The van der Waals surface area contributed by atoms with Crippen molar-refractivity contribution in [3.63, 3.8) is 0 Å². The van der Waals surface area contributed by atoms with Gasteiger partial charge in [-0.15, -0.1) is 0 Å². The summed E-state index contributed by atoms with van der Waals surface area (Å²) in [6.07, 6.45) is -11.2. The smallest absolute Gasteiger partial charge is 0.320 e. The van der Waals surface area contributed by atoms with Crippen molar-refractivity contribution in [3.05, 3.63) is 98.7 Å². The summed E-state index contributed by atoms with van der Waals surface area (Å²) < 4.78 is 135. The van der Waals surface area contributed by atoms with Gasteiger partial charge in [0.15, 0.2) is 0 Å². The van der Waals surface area contributed by atoms with E-state index in [-0.39, 0.29) is 34.6 Å². The number of aromatic nitrogens is 3. The Labute approximate surface area is 261 Å². The molecule has 1 unspecified atom stereocenters. The topological polar surface area (TPSA) is 88.9 Å². The molecular weight excluding hydrogens is 764 g/mol. The van der Waals surface area contributed by atoms with Gasteiger partial charge in [-0.3, -0.25) is 9.59 Å². The third kappa shape index (κ3) is 6.40. The summed E-state index contributed by atoms with van der Waals surface area (Å²) in [5.41, 5.74) is -8.81. The van der Waals surface area contributed by atoms with Gasteiger partial charge in [0.1, 0.15) is 18.5 Å². The fraction of sp³-hybridized carbons (Fsp3) is 0.154. The molecule has 1 atom stereocenters. The Kier molecular flexibility index (Phi) is 9.09. The lowest BCUT2D eigenvalue weighted by Crippen LogP contribution is -2.59. The van der Waals surface area contributed by atoms with E-state index in [1.54, 1.807) is 0 Å². The summed E-state index contributed by atoms with van der Waals surface area (Å²) in [5.74, 6) is -9.26. The van der Waals surface area contributed by atoms with Gasteiger partial charge >= 0.3 is 23.9 Å². The average Bonchev–Trinajstić information content (AvgIpc) is 3.48. The minimum atomic E-state index is -6.93. The van der Waals surface area contributed by atoms with Gasteiger partial charge in [-0.1, -0.05) is 0 Å². The standard InChI is InChI=1S/C26H13Br2F10N5O2/c27-16-8-14(23(30,25(33,34)35)24(31,32)26(36,37)38)9-17(28)20(16)42-22(45)13-3-6-19(43-11-39-10-40-43)18(7-13)41-21(44)12-1-4-15(29)5-2-12/h1-11H,(H,41,44)(H,42,45). The highest BCUT2D eigenvalue weighted by molar-refractivity contribution is 9.11. The molecule has 0 radical (unpaired) electrons. The number of anilines is 2. The molecule has 4 aromatic rings. The second-order valence-electron chi connectivity index (χ2n) is 9.03. The van der Waals surface area contributed by atoms with Crippen molar-refractivity contribution in [1.29, 1.82) is 0 Å². The highest BCUT2D eigenvalue weighted by Crippen LogP contribution is 2.59. The molecule has 0 aliphatic heterocycles. The van der Waals surface area contributed by atoms with Gasteiger partial charge in [0.2, 0.25) is 0 Å². The first-order valence-corrected chi connectivity index (χ1v) is 13.4. The van der Waals surface area contributed by atoms with Crippen LogP contribution in [0.3, 0.4) is 0 Å². The fourth-order valence-electron chi connectivity index (χ4n) is 3.90. The van der Waals surface area contributed by atoms with Crippen LogP contribution in [0.15, 0.2) is 76.2 Å². The minimum Gasteiger partial charge on any atom is -0.320 e. The number of nitrogens with one attached hydrogen (secondary N) is 2. The molecule has 4 rings (SSSR count). The molecule has 2 N–H and O–H groups in total. The van der Waals surface area contributed by atoms with Crippen molar-refractivity contribution in [2.45, 2.75) is 23.9 Å². The van der Waals surface area contributed by atoms with Crippen LogP contribution < -0.4 is 10.6 Å². The second kappa shape index (κ2) is 12.1. The number of alkyl halides is 9. The van der Waals surface area contributed by atoms with Crippen molar-refractivity contribution < 1.29 is 53.5 Å². The van der Waals surface area contributed by atoms with Gasteiger partial charge < -0.3 is 10.6 Å². The fourth-order valence-corrected chi connectivity index (χ4v) is 5.29. The maximum Gasteiger partial charge on any atom is 0.457 e. The molecule has 0 aliphatic rings.